The fraction of sp³-hybridized carbons (Fsp3) is 0.533. The monoisotopic (exact) mass is 519 g/mol. The van der Waals surface area contributed by atoms with Crippen LogP contribution >= 0.6 is 0 Å². The molecule has 204 valence electrons. The van der Waals surface area contributed by atoms with Gasteiger partial charge in [0.15, 0.2) is 0 Å². The van der Waals surface area contributed by atoms with E-state index in [0.29, 0.717) is 35.2 Å². The molecule has 2 aromatic heterocycles. The van der Waals surface area contributed by atoms with E-state index in [9.17, 15) is 9.90 Å². The molecule has 38 heavy (non-hydrogen) atoms. The number of aromatic nitrogens is 3. The Hall–Kier alpha value is -3.10. The SMILES string of the molecule is CC(C)C(=O)NC(C)(C)Cc1nc(-c2cncc([C@@](O)(c3ccc(C(C)C)cc3)C3(C)CN(C)C3)c2)no1. The number of likely N-dealkylation sites (tertiary alicyclic amines) is 1. The fourth-order valence-electron chi connectivity index (χ4n) is 5.45. The van der Waals surface area contributed by atoms with Crippen LogP contribution < -0.4 is 5.32 Å². The van der Waals surface area contributed by atoms with Gasteiger partial charge < -0.3 is 19.8 Å². The lowest BCUT2D eigenvalue weighted by molar-refractivity contribution is -0.127. The molecular weight excluding hydrogens is 478 g/mol. The number of amides is 1. The van der Waals surface area contributed by atoms with E-state index in [1.54, 1.807) is 12.4 Å². The van der Waals surface area contributed by atoms with Crippen LogP contribution in [0.5, 0.6) is 0 Å². The van der Waals surface area contributed by atoms with Crippen LogP contribution in [0, 0.1) is 11.3 Å². The normalized spacial score (nSPS) is 17.3. The van der Waals surface area contributed by atoms with Crippen molar-refractivity contribution in [3.63, 3.8) is 0 Å². The average molecular weight is 520 g/mol. The lowest BCUT2D eigenvalue weighted by Gasteiger charge is -2.55. The first-order valence-electron chi connectivity index (χ1n) is 13.4. The summed E-state index contributed by atoms with van der Waals surface area (Å²) >= 11 is 0. The quantitative estimate of drug-likeness (QED) is 0.428. The first-order chi connectivity index (χ1) is 17.7. The number of hydrogen-bond acceptors (Lipinski definition) is 7. The summed E-state index contributed by atoms with van der Waals surface area (Å²) in [6.45, 7) is 15.5. The maximum Gasteiger partial charge on any atom is 0.229 e. The van der Waals surface area contributed by atoms with Gasteiger partial charge in [0.1, 0.15) is 5.60 Å². The molecule has 1 amide bonds. The van der Waals surface area contributed by atoms with Crippen LogP contribution in [0.2, 0.25) is 0 Å². The lowest BCUT2D eigenvalue weighted by Crippen LogP contribution is -2.63. The van der Waals surface area contributed by atoms with Gasteiger partial charge in [0.2, 0.25) is 17.6 Å². The molecule has 1 fully saturated rings. The number of benzene rings is 1. The minimum Gasteiger partial charge on any atom is -0.380 e. The number of carbonyl (C=O) groups excluding carboxylic acids is 1. The predicted octanol–water partition coefficient (Wildman–Crippen LogP) is 4.54. The minimum absolute atomic E-state index is 0.0255. The van der Waals surface area contributed by atoms with Crippen LogP contribution in [-0.2, 0) is 16.8 Å². The maximum atomic E-state index is 12.5. The highest BCUT2D eigenvalue weighted by atomic mass is 16.5. The molecule has 1 saturated heterocycles. The number of pyridine rings is 1. The van der Waals surface area contributed by atoms with Gasteiger partial charge in [-0.2, -0.15) is 4.98 Å². The van der Waals surface area contributed by atoms with Crippen molar-refractivity contribution in [1.29, 1.82) is 0 Å². The molecule has 0 saturated carbocycles. The number of nitrogens with zero attached hydrogens (tertiary/aromatic N) is 4. The van der Waals surface area contributed by atoms with Crippen molar-refractivity contribution in [2.24, 2.45) is 11.3 Å². The summed E-state index contributed by atoms with van der Waals surface area (Å²) in [5.41, 5.74) is 1.22. The molecule has 1 atom stereocenters. The Morgan fingerprint density at radius 3 is 2.37 bits per heavy atom. The molecular formula is C30H41N5O3. The zero-order valence-electron chi connectivity index (χ0n) is 23.9. The predicted molar refractivity (Wildman–Crippen MR) is 147 cm³/mol. The summed E-state index contributed by atoms with van der Waals surface area (Å²) in [4.78, 5) is 23.5. The lowest BCUT2D eigenvalue weighted by atomic mass is 9.62. The molecule has 0 radical (unpaired) electrons. The average Bonchev–Trinajstić information content (AvgIpc) is 3.30. The van der Waals surface area contributed by atoms with Gasteiger partial charge >= 0.3 is 0 Å². The van der Waals surface area contributed by atoms with E-state index < -0.39 is 16.6 Å². The van der Waals surface area contributed by atoms with Gasteiger partial charge in [-0.15, -0.1) is 0 Å². The summed E-state index contributed by atoms with van der Waals surface area (Å²) in [6.07, 6.45) is 3.80. The Morgan fingerprint density at radius 1 is 1.13 bits per heavy atom. The summed E-state index contributed by atoms with van der Waals surface area (Å²) in [6, 6.07) is 10.2. The molecule has 1 aliphatic rings. The van der Waals surface area contributed by atoms with Gasteiger partial charge in [0.25, 0.3) is 0 Å². The maximum absolute atomic E-state index is 12.5. The summed E-state index contributed by atoms with van der Waals surface area (Å²) in [5.74, 6) is 1.09. The molecule has 0 unspecified atom stereocenters. The molecule has 0 bridgehead atoms. The summed E-state index contributed by atoms with van der Waals surface area (Å²) in [5, 5.41) is 19.7. The first-order valence-corrected chi connectivity index (χ1v) is 13.4. The Morgan fingerprint density at radius 2 is 1.79 bits per heavy atom. The van der Waals surface area contributed by atoms with Crippen LogP contribution in [0.25, 0.3) is 11.4 Å². The third-order valence-electron chi connectivity index (χ3n) is 7.57. The third-order valence-corrected chi connectivity index (χ3v) is 7.57. The molecule has 0 aliphatic carbocycles. The Kier molecular flexibility index (Phi) is 7.51. The van der Waals surface area contributed by atoms with Gasteiger partial charge in [0, 0.05) is 59.9 Å². The van der Waals surface area contributed by atoms with E-state index in [1.807, 2.05) is 45.9 Å². The largest absolute Gasteiger partial charge is 0.380 e. The zero-order valence-corrected chi connectivity index (χ0v) is 23.9. The highest BCUT2D eigenvalue weighted by molar-refractivity contribution is 5.78. The number of rotatable bonds is 9. The highest BCUT2D eigenvalue weighted by Crippen LogP contribution is 2.50. The molecule has 0 spiro atoms. The van der Waals surface area contributed by atoms with Crippen molar-refractivity contribution in [3.8, 4) is 11.4 Å². The number of nitrogens with one attached hydrogen (secondary N) is 1. The summed E-state index contributed by atoms with van der Waals surface area (Å²) in [7, 11) is 2.06. The van der Waals surface area contributed by atoms with Crippen LogP contribution in [0.4, 0.5) is 0 Å². The second-order valence-corrected chi connectivity index (χ2v) is 12.4. The second-order valence-electron chi connectivity index (χ2n) is 12.4. The van der Waals surface area contributed by atoms with E-state index >= 15 is 0 Å². The fourth-order valence-corrected chi connectivity index (χ4v) is 5.45. The Labute approximate surface area is 225 Å². The highest BCUT2D eigenvalue weighted by Gasteiger charge is 2.55. The number of carbonyl (C=O) groups is 1. The number of aliphatic hydroxyl groups is 1. The molecule has 8 heteroatoms. The van der Waals surface area contributed by atoms with Crippen LogP contribution in [0.3, 0.4) is 0 Å². The van der Waals surface area contributed by atoms with Crippen molar-refractivity contribution in [2.45, 2.75) is 71.9 Å². The second kappa shape index (κ2) is 10.2. The van der Waals surface area contributed by atoms with Gasteiger partial charge in [0.05, 0.1) is 0 Å². The van der Waals surface area contributed by atoms with Crippen molar-refractivity contribution in [3.05, 3.63) is 65.3 Å². The van der Waals surface area contributed by atoms with E-state index in [2.05, 4.69) is 65.3 Å². The Balaban J connectivity index is 1.66. The topological polar surface area (TPSA) is 104 Å². The van der Waals surface area contributed by atoms with Gasteiger partial charge in [-0.1, -0.05) is 64.0 Å². The standard InChI is InChI=1S/C30H41N5O3/c1-19(2)21-9-11-23(12-10-21)30(37,29(7)17-35(8)18-29)24-13-22(15-31-16-24)26-32-25(38-34-26)14-28(5,6)33-27(36)20(3)4/h9-13,15-16,19-20,37H,14,17-18H2,1-8H3,(H,33,36)/t30-/m0/s1. The van der Waals surface area contributed by atoms with Gasteiger partial charge in [-0.25, -0.2) is 0 Å². The van der Waals surface area contributed by atoms with Crippen molar-refractivity contribution < 1.29 is 14.4 Å². The molecule has 1 aliphatic heterocycles. The third kappa shape index (κ3) is 5.38. The summed E-state index contributed by atoms with van der Waals surface area (Å²) < 4.78 is 5.55. The molecule has 4 rings (SSSR count). The van der Waals surface area contributed by atoms with Crippen molar-refractivity contribution in [2.75, 3.05) is 20.1 Å². The molecule has 3 heterocycles. The van der Waals surface area contributed by atoms with E-state index in [-0.39, 0.29) is 11.8 Å². The van der Waals surface area contributed by atoms with Gasteiger partial charge in [-0.05, 0) is 44.0 Å². The molecule has 3 aromatic rings. The van der Waals surface area contributed by atoms with Gasteiger partial charge in [-0.3, -0.25) is 9.78 Å². The smallest absolute Gasteiger partial charge is 0.229 e. The van der Waals surface area contributed by atoms with E-state index in [0.717, 1.165) is 18.7 Å². The molecule has 1 aromatic carbocycles. The Bertz CT molecular complexity index is 1280. The van der Waals surface area contributed by atoms with Crippen molar-refractivity contribution >= 4 is 5.91 Å². The zero-order chi connectivity index (χ0) is 27.9. The minimum atomic E-state index is -1.26. The first kappa shape index (κ1) is 27.9. The molecule has 2 N–H and O–H groups in total. The number of hydrogen-bond donors (Lipinski definition) is 2. The van der Waals surface area contributed by atoms with E-state index in [1.165, 1.54) is 5.56 Å². The molecule has 8 nitrogen and oxygen atoms in total. The van der Waals surface area contributed by atoms with Crippen LogP contribution in [0.1, 0.15) is 77.0 Å². The van der Waals surface area contributed by atoms with Crippen molar-refractivity contribution in [1.82, 2.24) is 25.3 Å². The van der Waals surface area contributed by atoms with Crippen LogP contribution in [-0.4, -0.2) is 56.7 Å². The van der Waals surface area contributed by atoms with Crippen LogP contribution in [0.15, 0.2) is 47.2 Å². The van der Waals surface area contributed by atoms with E-state index in [4.69, 9.17) is 4.52 Å².